The molecule has 152 valence electrons. The summed E-state index contributed by atoms with van der Waals surface area (Å²) >= 11 is 7.60. The third kappa shape index (κ3) is 6.43. The molecule has 0 aliphatic carbocycles. The number of hydrogen-bond acceptors (Lipinski definition) is 4. The Kier molecular flexibility index (Phi) is 8.22. The largest absolute Gasteiger partial charge is 0.353 e. The van der Waals surface area contributed by atoms with E-state index in [1.54, 1.807) is 43.0 Å². The van der Waals surface area contributed by atoms with Crippen molar-refractivity contribution >= 4 is 45.0 Å². The van der Waals surface area contributed by atoms with Gasteiger partial charge in [0, 0.05) is 23.1 Å². The van der Waals surface area contributed by atoms with Crippen molar-refractivity contribution in [1.82, 2.24) is 5.32 Å². The van der Waals surface area contributed by atoms with E-state index in [4.69, 9.17) is 11.6 Å². The first-order valence-corrected chi connectivity index (χ1v) is 12.2. The zero-order valence-electron chi connectivity index (χ0n) is 16.2. The van der Waals surface area contributed by atoms with Crippen molar-refractivity contribution < 1.29 is 13.2 Å². The average molecular weight is 441 g/mol. The van der Waals surface area contributed by atoms with Crippen LogP contribution in [0.15, 0.2) is 48.5 Å². The van der Waals surface area contributed by atoms with Gasteiger partial charge in [-0.25, -0.2) is 8.42 Å². The molecule has 5 nitrogen and oxygen atoms in total. The summed E-state index contributed by atoms with van der Waals surface area (Å²) < 4.78 is 25.6. The highest BCUT2D eigenvalue weighted by molar-refractivity contribution is 7.98. The number of sulfonamides is 1. The summed E-state index contributed by atoms with van der Waals surface area (Å²) in [6.45, 7) is 4.12. The Morgan fingerprint density at radius 3 is 2.43 bits per heavy atom. The fourth-order valence-corrected chi connectivity index (χ4v) is 4.98. The summed E-state index contributed by atoms with van der Waals surface area (Å²) in [5.74, 6) is 1.28. The molecule has 28 heavy (non-hydrogen) atoms. The molecular formula is C20H25ClN2O3S2. The van der Waals surface area contributed by atoms with Gasteiger partial charge in [0.15, 0.2) is 0 Å². The second-order valence-corrected chi connectivity index (χ2v) is 9.88. The number of carbonyl (C=O) groups excluding carboxylic acids is 1. The summed E-state index contributed by atoms with van der Waals surface area (Å²) in [5.41, 5.74) is 2.93. The number of rotatable bonds is 9. The maximum Gasteiger partial charge on any atom is 0.243 e. The first-order valence-electron chi connectivity index (χ1n) is 8.85. The van der Waals surface area contributed by atoms with Crippen LogP contribution in [0.1, 0.15) is 18.1 Å². The lowest BCUT2D eigenvalue weighted by atomic mass is 10.1. The maximum absolute atomic E-state index is 12.5. The quantitative estimate of drug-likeness (QED) is 0.601. The molecule has 0 radical (unpaired) electrons. The zero-order chi connectivity index (χ0) is 20.7. The van der Waals surface area contributed by atoms with Gasteiger partial charge < -0.3 is 5.32 Å². The fourth-order valence-electron chi connectivity index (χ4n) is 2.75. The van der Waals surface area contributed by atoms with Crippen molar-refractivity contribution in [3.05, 3.63) is 64.7 Å². The van der Waals surface area contributed by atoms with Crippen LogP contribution in [0.2, 0.25) is 5.02 Å². The lowest BCUT2D eigenvalue weighted by Crippen LogP contribution is -2.48. The lowest BCUT2D eigenvalue weighted by molar-refractivity contribution is -0.121. The van der Waals surface area contributed by atoms with Crippen LogP contribution in [-0.4, -0.2) is 38.9 Å². The fraction of sp³-hybridized carbons (Fsp3) is 0.350. The van der Waals surface area contributed by atoms with E-state index in [-0.39, 0.29) is 5.91 Å². The van der Waals surface area contributed by atoms with E-state index >= 15 is 0 Å². The molecule has 8 heteroatoms. The predicted octanol–water partition coefficient (Wildman–Crippen LogP) is 3.85. The standard InChI is InChI=1S/C20H25ClN2O3S2/c1-15-6-4-5-7-17(15)14-27-13-12-22-20(24)16(2)23(28(3,25)26)19-10-8-18(21)9-11-19/h4-11,16H,12-14H2,1-3H3,(H,22,24)/t16-/m0/s1. The third-order valence-corrected chi connectivity index (χ3v) is 6.74. The minimum absolute atomic E-state index is 0.336. The SMILES string of the molecule is Cc1ccccc1CSCCNC(=O)[C@H](C)N(c1ccc(Cl)cc1)S(C)(=O)=O. The molecular weight excluding hydrogens is 416 g/mol. The van der Waals surface area contributed by atoms with E-state index in [0.29, 0.717) is 17.3 Å². The molecule has 0 aromatic heterocycles. The van der Waals surface area contributed by atoms with Crippen molar-refractivity contribution in [2.45, 2.75) is 25.6 Å². The summed E-state index contributed by atoms with van der Waals surface area (Å²) in [4.78, 5) is 12.5. The smallest absolute Gasteiger partial charge is 0.243 e. The normalized spacial score (nSPS) is 12.4. The molecule has 0 aliphatic rings. The first kappa shape index (κ1) is 22.6. The van der Waals surface area contributed by atoms with E-state index < -0.39 is 16.1 Å². The molecule has 1 amide bonds. The molecule has 2 aromatic carbocycles. The van der Waals surface area contributed by atoms with E-state index in [2.05, 4.69) is 24.4 Å². The van der Waals surface area contributed by atoms with Gasteiger partial charge >= 0.3 is 0 Å². The van der Waals surface area contributed by atoms with Gasteiger partial charge in [0.25, 0.3) is 0 Å². The van der Waals surface area contributed by atoms with Crippen LogP contribution in [0.4, 0.5) is 5.69 Å². The molecule has 0 bridgehead atoms. The molecule has 0 spiro atoms. The van der Waals surface area contributed by atoms with Gasteiger partial charge in [0.05, 0.1) is 11.9 Å². The Balaban J connectivity index is 1.90. The van der Waals surface area contributed by atoms with Crippen LogP contribution in [0, 0.1) is 6.92 Å². The highest BCUT2D eigenvalue weighted by Crippen LogP contribution is 2.23. The number of thioether (sulfide) groups is 1. The Hall–Kier alpha value is -1.70. The molecule has 0 saturated heterocycles. The van der Waals surface area contributed by atoms with Gasteiger partial charge in [-0.05, 0) is 49.2 Å². The Morgan fingerprint density at radius 1 is 1.18 bits per heavy atom. The van der Waals surface area contributed by atoms with E-state index in [9.17, 15) is 13.2 Å². The number of carbonyl (C=O) groups is 1. The second kappa shape index (κ2) is 10.2. The molecule has 2 aromatic rings. The van der Waals surface area contributed by atoms with Crippen molar-refractivity contribution in [1.29, 1.82) is 0 Å². The van der Waals surface area contributed by atoms with E-state index in [1.807, 2.05) is 12.1 Å². The summed E-state index contributed by atoms with van der Waals surface area (Å²) in [7, 11) is -3.63. The lowest BCUT2D eigenvalue weighted by Gasteiger charge is -2.28. The minimum atomic E-state index is -3.63. The van der Waals surface area contributed by atoms with Crippen LogP contribution in [-0.2, 0) is 20.6 Å². The minimum Gasteiger partial charge on any atom is -0.353 e. The molecule has 1 N–H and O–H groups in total. The van der Waals surface area contributed by atoms with Crippen LogP contribution in [0.25, 0.3) is 0 Å². The zero-order valence-corrected chi connectivity index (χ0v) is 18.6. The van der Waals surface area contributed by atoms with Crippen LogP contribution >= 0.6 is 23.4 Å². The number of amides is 1. The summed E-state index contributed by atoms with van der Waals surface area (Å²) in [5, 5.41) is 3.33. The molecule has 0 unspecified atom stereocenters. The predicted molar refractivity (Wildman–Crippen MR) is 119 cm³/mol. The summed E-state index contributed by atoms with van der Waals surface area (Å²) in [6.07, 6.45) is 1.09. The molecule has 0 heterocycles. The van der Waals surface area contributed by atoms with Gasteiger partial charge in [-0.3, -0.25) is 9.10 Å². The highest BCUT2D eigenvalue weighted by Gasteiger charge is 2.28. The Labute approximate surface area is 176 Å². The van der Waals surface area contributed by atoms with Gasteiger partial charge in [-0.1, -0.05) is 35.9 Å². The number of nitrogens with one attached hydrogen (secondary N) is 1. The van der Waals surface area contributed by atoms with Crippen molar-refractivity contribution in [3.63, 3.8) is 0 Å². The van der Waals surface area contributed by atoms with E-state index in [0.717, 1.165) is 22.1 Å². The van der Waals surface area contributed by atoms with Gasteiger partial charge in [-0.15, -0.1) is 0 Å². The Morgan fingerprint density at radius 2 is 1.82 bits per heavy atom. The molecule has 0 aliphatic heterocycles. The van der Waals surface area contributed by atoms with Crippen LogP contribution < -0.4 is 9.62 Å². The van der Waals surface area contributed by atoms with Crippen LogP contribution in [0.5, 0.6) is 0 Å². The number of aryl methyl sites for hydroxylation is 1. The van der Waals surface area contributed by atoms with E-state index in [1.165, 1.54) is 11.1 Å². The highest BCUT2D eigenvalue weighted by atomic mass is 35.5. The van der Waals surface area contributed by atoms with Gasteiger partial charge in [-0.2, -0.15) is 11.8 Å². The average Bonchev–Trinajstić information content (AvgIpc) is 2.63. The number of benzene rings is 2. The molecule has 2 rings (SSSR count). The van der Waals surface area contributed by atoms with Gasteiger partial charge in [0.1, 0.15) is 6.04 Å². The van der Waals surface area contributed by atoms with Crippen molar-refractivity contribution in [3.8, 4) is 0 Å². The maximum atomic E-state index is 12.5. The third-order valence-electron chi connectivity index (χ3n) is 4.23. The van der Waals surface area contributed by atoms with Crippen molar-refractivity contribution in [2.75, 3.05) is 22.9 Å². The molecule has 0 saturated carbocycles. The number of anilines is 1. The molecule has 1 atom stereocenters. The monoisotopic (exact) mass is 440 g/mol. The van der Waals surface area contributed by atoms with Crippen LogP contribution in [0.3, 0.4) is 0 Å². The Bertz CT molecular complexity index is 902. The number of hydrogen-bond donors (Lipinski definition) is 1. The second-order valence-electron chi connectivity index (χ2n) is 6.48. The summed E-state index contributed by atoms with van der Waals surface area (Å²) in [6, 6.07) is 13.7. The number of nitrogens with zero attached hydrogens (tertiary/aromatic N) is 1. The molecule has 0 fully saturated rings. The topological polar surface area (TPSA) is 66.5 Å². The number of halogens is 1. The first-order chi connectivity index (χ1) is 13.2. The van der Waals surface area contributed by atoms with Gasteiger partial charge in [0.2, 0.25) is 15.9 Å². The van der Waals surface area contributed by atoms with Crippen molar-refractivity contribution in [2.24, 2.45) is 0 Å².